The van der Waals surface area contributed by atoms with E-state index in [2.05, 4.69) is 0 Å². The second-order valence-electron chi connectivity index (χ2n) is 8.34. The Labute approximate surface area is 173 Å². The number of ether oxygens (including phenoxy) is 1. The van der Waals surface area contributed by atoms with E-state index in [0.717, 1.165) is 36.1 Å². The van der Waals surface area contributed by atoms with Gasteiger partial charge in [-0.2, -0.15) is 0 Å². The highest BCUT2D eigenvalue weighted by molar-refractivity contribution is 6.35. The molecule has 0 radical (unpaired) electrons. The van der Waals surface area contributed by atoms with Crippen LogP contribution in [0.1, 0.15) is 43.4 Å². The smallest absolute Gasteiger partial charge is 0.277 e. The van der Waals surface area contributed by atoms with E-state index in [9.17, 15) is 14.7 Å². The maximum Gasteiger partial charge on any atom is 0.277 e. The molecule has 0 saturated carbocycles. The van der Waals surface area contributed by atoms with Gasteiger partial charge in [-0.3, -0.25) is 14.5 Å². The fraction of sp³-hybridized carbons (Fsp3) is 0.565. The van der Waals surface area contributed by atoms with Crippen LogP contribution in [0.4, 0.5) is 0 Å². The van der Waals surface area contributed by atoms with Crippen LogP contribution >= 0.6 is 0 Å². The van der Waals surface area contributed by atoms with Crippen molar-refractivity contribution in [2.24, 2.45) is 5.92 Å². The van der Waals surface area contributed by atoms with Gasteiger partial charge in [-0.15, -0.1) is 0 Å². The summed E-state index contributed by atoms with van der Waals surface area (Å²) in [6.45, 7) is 9.87. The van der Waals surface area contributed by atoms with E-state index < -0.39 is 0 Å². The Hall–Kier alpha value is -2.18. The predicted molar refractivity (Wildman–Crippen MR) is 112 cm³/mol. The number of amides is 2. The van der Waals surface area contributed by atoms with E-state index in [4.69, 9.17) is 4.74 Å². The highest BCUT2D eigenvalue weighted by Gasteiger charge is 2.42. The minimum atomic E-state index is -0.258. The Morgan fingerprint density at radius 3 is 2.59 bits per heavy atom. The van der Waals surface area contributed by atoms with Crippen molar-refractivity contribution in [1.82, 2.24) is 9.80 Å². The van der Waals surface area contributed by atoms with Crippen LogP contribution in [0.2, 0.25) is 0 Å². The van der Waals surface area contributed by atoms with Crippen LogP contribution in [0.15, 0.2) is 23.9 Å². The van der Waals surface area contributed by atoms with Gasteiger partial charge < -0.3 is 14.7 Å². The van der Waals surface area contributed by atoms with Crippen LogP contribution in [0.25, 0.3) is 5.57 Å². The number of aliphatic hydroxyl groups is 1. The first-order valence-corrected chi connectivity index (χ1v) is 10.5. The molecule has 1 N–H and O–H groups in total. The topological polar surface area (TPSA) is 70.1 Å². The predicted octanol–water partition coefficient (Wildman–Crippen LogP) is 2.51. The van der Waals surface area contributed by atoms with Crippen molar-refractivity contribution in [2.45, 2.75) is 46.6 Å². The average molecular weight is 401 g/mol. The zero-order valence-electron chi connectivity index (χ0n) is 17.9. The van der Waals surface area contributed by atoms with Crippen molar-refractivity contribution in [3.63, 3.8) is 0 Å². The molecule has 0 spiro atoms. The van der Waals surface area contributed by atoms with Gasteiger partial charge in [0.2, 0.25) is 0 Å². The molecule has 6 nitrogen and oxygen atoms in total. The van der Waals surface area contributed by atoms with Crippen molar-refractivity contribution in [3.8, 4) is 0 Å². The third kappa shape index (κ3) is 4.54. The lowest BCUT2D eigenvalue weighted by Crippen LogP contribution is -2.41. The van der Waals surface area contributed by atoms with E-state index >= 15 is 0 Å². The molecule has 158 valence electrons. The lowest BCUT2D eigenvalue weighted by molar-refractivity contribution is -0.138. The van der Waals surface area contributed by atoms with Crippen LogP contribution in [0.3, 0.4) is 0 Å². The second kappa shape index (κ2) is 9.09. The van der Waals surface area contributed by atoms with E-state index in [1.165, 1.54) is 4.90 Å². The van der Waals surface area contributed by atoms with E-state index in [-0.39, 0.29) is 37.0 Å². The number of carbonyl (C=O) groups excluding carboxylic acids is 2. The summed E-state index contributed by atoms with van der Waals surface area (Å²) < 4.78 is 5.58. The van der Waals surface area contributed by atoms with Crippen LogP contribution in [0.5, 0.6) is 0 Å². The van der Waals surface area contributed by atoms with Gasteiger partial charge in [-0.1, -0.05) is 18.2 Å². The number of aliphatic hydroxyl groups excluding tert-OH is 1. The molecule has 2 heterocycles. The minimum Gasteiger partial charge on any atom is -0.396 e. The number of rotatable bonds is 7. The molecular weight excluding hydrogens is 368 g/mol. The molecule has 0 bridgehead atoms. The van der Waals surface area contributed by atoms with Gasteiger partial charge >= 0.3 is 0 Å². The summed E-state index contributed by atoms with van der Waals surface area (Å²) in [4.78, 5) is 29.9. The van der Waals surface area contributed by atoms with Gasteiger partial charge in [-0.05, 0) is 63.1 Å². The number of aryl methyl sites for hydroxylation is 2. The minimum absolute atomic E-state index is 0.0434. The summed E-state index contributed by atoms with van der Waals surface area (Å²) in [6.07, 6.45) is 1.88. The summed E-state index contributed by atoms with van der Waals surface area (Å²) in [6, 6.07) is 5.90. The first kappa shape index (κ1) is 21.5. The molecule has 1 saturated heterocycles. The Morgan fingerprint density at radius 2 is 1.93 bits per heavy atom. The molecule has 2 aliphatic heterocycles. The zero-order valence-corrected chi connectivity index (χ0v) is 17.9. The highest BCUT2D eigenvalue weighted by Crippen LogP contribution is 2.34. The number of likely N-dealkylation sites (tertiary alicyclic amines) is 1. The maximum absolute atomic E-state index is 13.3. The first-order valence-electron chi connectivity index (χ1n) is 10.5. The zero-order chi connectivity index (χ0) is 21.1. The normalized spacial score (nSPS) is 20.4. The summed E-state index contributed by atoms with van der Waals surface area (Å²) in [5, 5.41) is 9.62. The molecule has 0 aliphatic carbocycles. The molecule has 2 amide bonds. The van der Waals surface area contributed by atoms with Crippen LogP contribution < -0.4 is 0 Å². The fourth-order valence-electron chi connectivity index (χ4n) is 4.01. The summed E-state index contributed by atoms with van der Waals surface area (Å²) in [5.41, 5.74) is 3.96. The number of benzene rings is 1. The number of piperidine rings is 1. The molecular formula is C23H32N2O4. The van der Waals surface area contributed by atoms with Gasteiger partial charge in [0.05, 0.1) is 24.8 Å². The molecule has 1 aromatic rings. The third-order valence-electron chi connectivity index (χ3n) is 5.80. The Bertz CT molecular complexity index is 815. The van der Waals surface area contributed by atoms with Gasteiger partial charge in [0.25, 0.3) is 11.8 Å². The molecule has 2 aliphatic rings. The maximum atomic E-state index is 13.3. The van der Waals surface area contributed by atoms with Gasteiger partial charge in [-0.25, -0.2) is 0 Å². The van der Waals surface area contributed by atoms with E-state index in [1.54, 1.807) is 0 Å². The number of hydrogen-bond acceptors (Lipinski definition) is 5. The lowest BCUT2D eigenvalue weighted by atomic mass is 9.96. The monoisotopic (exact) mass is 400 g/mol. The Balaban J connectivity index is 1.98. The van der Waals surface area contributed by atoms with Crippen molar-refractivity contribution in [1.29, 1.82) is 0 Å². The summed E-state index contributed by atoms with van der Waals surface area (Å²) in [5.74, 6) is -0.389. The first-order chi connectivity index (χ1) is 13.8. The highest BCUT2D eigenvalue weighted by atomic mass is 16.5. The molecule has 1 fully saturated rings. The Morgan fingerprint density at radius 1 is 1.17 bits per heavy atom. The molecule has 1 unspecified atom stereocenters. The second-order valence-corrected chi connectivity index (χ2v) is 8.34. The lowest BCUT2D eigenvalue weighted by Gasteiger charge is -2.34. The average Bonchev–Trinajstić information content (AvgIpc) is 2.94. The largest absolute Gasteiger partial charge is 0.396 e. The third-order valence-corrected chi connectivity index (χ3v) is 5.80. The molecule has 1 atom stereocenters. The van der Waals surface area contributed by atoms with Gasteiger partial charge in [0, 0.05) is 19.7 Å². The van der Waals surface area contributed by atoms with Gasteiger partial charge in [0.15, 0.2) is 0 Å². The molecule has 1 aromatic carbocycles. The standard InChI is InChI=1S/C23H32N2O4/c1-15(2)29-11-10-25-22(27)20(19-8-7-16(3)17(4)12-19)21(23(25)28)24-9-5-6-18(13-24)14-26/h7-8,12,15,18,26H,5-6,9-11,13-14H2,1-4H3. The number of carbonyl (C=O) groups is 2. The SMILES string of the molecule is Cc1ccc(C2=C(N3CCCC(CO)C3)C(=O)N(CCOC(C)C)C2=O)cc1C. The van der Waals surface area contributed by atoms with Crippen molar-refractivity contribution >= 4 is 17.4 Å². The van der Waals surface area contributed by atoms with E-state index in [1.807, 2.05) is 50.8 Å². The quantitative estimate of drug-likeness (QED) is 0.712. The van der Waals surface area contributed by atoms with Crippen molar-refractivity contribution in [3.05, 3.63) is 40.6 Å². The molecule has 29 heavy (non-hydrogen) atoms. The van der Waals surface area contributed by atoms with Crippen LogP contribution in [-0.2, 0) is 14.3 Å². The molecule has 0 aromatic heterocycles. The van der Waals surface area contributed by atoms with Crippen molar-refractivity contribution in [2.75, 3.05) is 32.8 Å². The Kier molecular flexibility index (Phi) is 6.75. The van der Waals surface area contributed by atoms with Crippen LogP contribution in [-0.4, -0.2) is 65.7 Å². The van der Waals surface area contributed by atoms with E-state index in [0.29, 0.717) is 24.4 Å². The number of imide groups is 1. The number of hydrogen-bond donors (Lipinski definition) is 1. The molecule has 6 heteroatoms. The summed E-state index contributed by atoms with van der Waals surface area (Å²) >= 11 is 0. The van der Waals surface area contributed by atoms with Gasteiger partial charge in [0.1, 0.15) is 5.70 Å². The number of nitrogens with zero attached hydrogens (tertiary/aromatic N) is 2. The fourth-order valence-corrected chi connectivity index (χ4v) is 4.01. The molecule has 3 rings (SSSR count). The van der Waals surface area contributed by atoms with Crippen molar-refractivity contribution < 1.29 is 19.4 Å². The van der Waals surface area contributed by atoms with Crippen LogP contribution in [0, 0.1) is 19.8 Å². The summed E-state index contributed by atoms with van der Waals surface area (Å²) in [7, 11) is 0.